The number of carbonyl (C=O) groups excluding carboxylic acids is 5. The van der Waals surface area contributed by atoms with E-state index in [-0.39, 0.29) is 68.6 Å². The molecule has 0 aromatic rings. The second kappa shape index (κ2) is 25.7. The van der Waals surface area contributed by atoms with Crippen LogP contribution in [0.4, 0.5) is 0 Å². The fourth-order valence-electron chi connectivity index (χ4n) is 3.32. The number of hydrogen-bond donors (Lipinski definition) is 3. The molecule has 232 valence electrons. The zero-order chi connectivity index (χ0) is 29.5. The molecule has 0 aromatic carbocycles. The number of nitrogens with zero attached hydrogens (tertiary/aromatic N) is 5. The third-order valence-corrected chi connectivity index (χ3v) is 5.72. The molecule has 0 saturated heterocycles. The number of hydrogen-bond acceptors (Lipinski definition) is 8. The van der Waals surface area contributed by atoms with Crippen LogP contribution in [0.3, 0.4) is 0 Å². The number of hydroxylamine groups is 6. The smallest absolute Gasteiger partial charge is 0.677 e. The van der Waals surface area contributed by atoms with E-state index in [0.717, 1.165) is 6.42 Å². The maximum atomic E-state index is 12.0. The van der Waals surface area contributed by atoms with Gasteiger partial charge in [0.05, 0.1) is 11.8 Å². The Hall–Kier alpha value is -2.30. The number of unbranched alkanes of at least 4 members (excludes halogenated alkanes) is 6. The molecule has 0 bridgehead atoms. The van der Waals surface area contributed by atoms with E-state index in [1.54, 1.807) is 0 Å². The average Bonchev–Trinajstić information content (AvgIpc) is 2.91. The van der Waals surface area contributed by atoms with Crippen LogP contribution in [0.1, 0.15) is 90.4 Å². The number of amides is 5. The third-order valence-electron chi connectivity index (χ3n) is 5.72. The fourth-order valence-corrected chi connectivity index (χ4v) is 3.32. The van der Waals surface area contributed by atoms with Gasteiger partial charge in [0, 0.05) is 39.4 Å². The fraction of sp³-hybridized carbons (Fsp3) is 0.800. The molecule has 14 nitrogen and oxygen atoms in total. The summed E-state index contributed by atoms with van der Waals surface area (Å²) in [5.74, 6) is -2.40. The van der Waals surface area contributed by atoms with Crippen molar-refractivity contribution in [2.75, 3.05) is 39.3 Å². The summed E-state index contributed by atoms with van der Waals surface area (Å²) in [5, 5.41) is 38.3. The van der Waals surface area contributed by atoms with Crippen LogP contribution < -0.4 is 0 Å². The van der Waals surface area contributed by atoms with Crippen LogP contribution in [0.5, 0.6) is 0 Å². The molecule has 0 aromatic heterocycles. The van der Waals surface area contributed by atoms with Crippen LogP contribution in [0.25, 0.3) is 16.4 Å². The Labute approximate surface area is 247 Å². The van der Waals surface area contributed by atoms with Crippen LogP contribution in [0, 0.1) is 0 Å². The molecule has 5 amide bonds. The first-order chi connectivity index (χ1) is 18.6. The maximum Gasteiger partial charge on any atom is 3.00 e. The van der Waals surface area contributed by atoms with Crippen LogP contribution in [-0.4, -0.2) is 99.6 Å². The largest absolute Gasteiger partial charge is 3.00 e. The molecule has 0 fully saturated rings. The quantitative estimate of drug-likeness (QED) is 0.0876. The topological polar surface area (TPSA) is 208 Å². The van der Waals surface area contributed by atoms with Crippen molar-refractivity contribution in [3.63, 3.8) is 0 Å². The Kier molecular flexibility index (Phi) is 25.5. The first kappa shape index (κ1) is 39.8. The predicted molar refractivity (Wildman–Crippen MR) is 142 cm³/mol. The summed E-state index contributed by atoms with van der Waals surface area (Å²) in [6.07, 6.45) is 5.13. The molecule has 15 heteroatoms. The molecule has 0 rings (SSSR count). The minimum Gasteiger partial charge on any atom is -0.677 e. The molecule has 40 heavy (non-hydrogen) atoms. The Bertz CT molecular complexity index is 746. The minimum absolute atomic E-state index is 0. The molecule has 0 aliphatic heterocycles. The number of nitrogens with one attached hydrogen (secondary N) is 1. The van der Waals surface area contributed by atoms with Crippen LogP contribution in [0.15, 0.2) is 0 Å². The Morgan fingerprint density at radius 2 is 0.950 bits per heavy atom. The molecule has 4 N–H and O–H groups in total. The summed E-state index contributed by atoms with van der Waals surface area (Å²) in [5.41, 5.74) is 7.05. The van der Waals surface area contributed by atoms with E-state index < -0.39 is 29.5 Å². The van der Waals surface area contributed by atoms with E-state index in [1.807, 2.05) is 0 Å². The summed E-state index contributed by atoms with van der Waals surface area (Å²) in [7, 11) is 0. The van der Waals surface area contributed by atoms with Crippen molar-refractivity contribution in [2.45, 2.75) is 90.4 Å². The summed E-state index contributed by atoms with van der Waals surface area (Å²) < 4.78 is 0. The van der Waals surface area contributed by atoms with Gasteiger partial charge in [0.1, 0.15) is 0 Å². The monoisotopic (exact) mass is 616 g/mol. The Morgan fingerprint density at radius 3 is 1.32 bits per heavy atom. The van der Waals surface area contributed by atoms with Gasteiger partial charge in [-0.1, -0.05) is 38.5 Å². The van der Waals surface area contributed by atoms with Gasteiger partial charge in [-0.25, -0.2) is 15.2 Å². The minimum atomic E-state index is -0.579. The molecule has 0 radical (unpaired) electrons. The van der Waals surface area contributed by atoms with Crippen molar-refractivity contribution in [3.05, 3.63) is 16.4 Å². The van der Waals surface area contributed by atoms with E-state index in [0.29, 0.717) is 79.6 Å². The summed E-state index contributed by atoms with van der Waals surface area (Å²) in [6.45, 7) is 2.61. The van der Waals surface area contributed by atoms with E-state index >= 15 is 0 Å². The maximum absolute atomic E-state index is 12.0. The SMILES string of the molecule is CC(=O)N(O)CCCCC[N-]C(=O)CCC(=O)N(O)CCCCC[N-]C(=O)CCC(=O)N(O)CCCCC[NH-].[Co+3]. The second-order valence-electron chi connectivity index (χ2n) is 9.16. The molecule has 0 aliphatic carbocycles. The van der Waals surface area contributed by atoms with E-state index in [2.05, 4.69) is 10.6 Å². The van der Waals surface area contributed by atoms with Gasteiger partial charge in [0.25, 0.3) is 0 Å². The van der Waals surface area contributed by atoms with Crippen molar-refractivity contribution >= 4 is 29.5 Å². The molecule has 0 heterocycles. The third kappa shape index (κ3) is 22.5. The van der Waals surface area contributed by atoms with Gasteiger partial charge in [-0.3, -0.25) is 30.0 Å². The standard InChI is InChI=1S/C25H47N6O8.Co/c1-21(32)29(37)18-9-3-6-16-27-22(33)12-14-25(36)31(39)20-10-4-7-17-28-23(34)11-13-24(35)30(38)19-8-2-5-15-26;/h26,37-39H,2-20H2,1H3,(H2,27,28,33,34);/q-1;+3/p-2. The van der Waals surface area contributed by atoms with Gasteiger partial charge < -0.3 is 26.0 Å². The molecule has 0 aliphatic rings. The van der Waals surface area contributed by atoms with Gasteiger partial charge in [0.15, 0.2) is 0 Å². The second-order valence-corrected chi connectivity index (χ2v) is 9.16. The van der Waals surface area contributed by atoms with Gasteiger partial charge >= 0.3 is 16.8 Å². The average molecular weight is 617 g/mol. The first-order valence-electron chi connectivity index (χ1n) is 13.6. The van der Waals surface area contributed by atoms with Crippen molar-refractivity contribution in [1.29, 1.82) is 0 Å². The van der Waals surface area contributed by atoms with Crippen LogP contribution in [0.2, 0.25) is 0 Å². The van der Waals surface area contributed by atoms with Gasteiger partial charge in [-0.2, -0.15) is 6.54 Å². The molecular formula is C25H45CoN6O8. The van der Waals surface area contributed by atoms with Crippen molar-refractivity contribution in [1.82, 2.24) is 15.2 Å². The van der Waals surface area contributed by atoms with Crippen molar-refractivity contribution < 1.29 is 56.4 Å². The Morgan fingerprint density at radius 1 is 0.575 bits per heavy atom. The molecule has 0 unspecified atom stereocenters. The van der Waals surface area contributed by atoms with Crippen LogP contribution in [-0.2, 0) is 40.8 Å². The van der Waals surface area contributed by atoms with Crippen LogP contribution >= 0.6 is 0 Å². The normalized spacial score (nSPS) is 10.3. The zero-order valence-electron chi connectivity index (χ0n) is 23.4. The van der Waals surface area contributed by atoms with Crippen molar-refractivity contribution in [2.24, 2.45) is 0 Å². The van der Waals surface area contributed by atoms with E-state index in [4.69, 9.17) is 5.73 Å². The molecule has 0 saturated carbocycles. The summed E-state index contributed by atoms with van der Waals surface area (Å²) in [6, 6.07) is 0. The van der Waals surface area contributed by atoms with E-state index in [1.165, 1.54) is 6.92 Å². The summed E-state index contributed by atoms with van der Waals surface area (Å²) >= 11 is 0. The van der Waals surface area contributed by atoms with Gasteiger partial charge in [-0.05, 0) is 32.1 Å². The van der Waals surface area contributed by atoms with E-state index in [9.17, 15) is 39.6 Å². The number of carbonyl (C=O) groups is 5. The predicted octanol–water partition coefficient (Wildman–Crippen LogP) is 3.58. The Balaban J connectivity index is 0. The van der Waals surface area contributed by atoms with Gasteiger partial charge in [-0.15, -0.1) is 13.1 Å². The van der Waals surface area contributed by atoms with Gasteiger partial charge in [0.2, 0.25) is 17.7 Å². The molecule has 0 spiro atoms. The first-order valence-corrected chi connectivity index (χ1v) is 13.6. The summed E-state index contributed by atoms with van der Waals surface area (Å²) in [4.78, 5) is 58.2. The molecular weight excluding hydrogens is 571 g/mol. The number of rotatable bonds is 23. The zero-order valence-corrected chi connectivity index (χ0v) is 24.4. The van der Waals surface area contributed by atoms with Crippen molar-refractivity contribution in [3.8, 4) is 0 Å². The molecule has 0 atom stereocenters.